The minimum atomic E-state index is 0.169. The monoisotopic (exact) mass is 328 g/mol. The maximum atomic E-state index is 12.4. The van der Waals surface area contributed by atoms with Crippen molar-refractivity contribution in [1.29, 1.82) is 0 Å². The second-order valence-electron chi connectivity index (χ2n) is 5.29. The number of hydrogen-bond acceptors (Lipinski definition) is 4. The number of Topliss-reactive ketones (excluding diaryl/α,β-unsaturated/α-hetero) is 1. The topological polar surface area (TPSA) is 50.2 Å². The molecule has 6 heteroatoms. The molecule has 0 bridgehead atoms. The van der Waals surface area contributed by atoms with Gasteiger partial charge in [-0.3, -0.25) is 9.48 Å². The molecule has 1 aromatic rings. The van der Waals surface area contributed by atoms with Crippen LogP contribution in [-0.4, -0.2) is 53.7 Å². The lowest BCUT2D eigenvalue weighted by Crippen LogP contribution is -2.27. The molecule has 1 aliphatic rings. The van der Waals surface area contributed by atoms with Gasteiger partial charge in [-0.05, 0) is 49.4 Å². The molecule has 106 valence electrons. The lowest BCUT2D eigenvalue weighted by atomic mass is 10.1. The van der Waals surface area contributed by atoms with Crippen LogP contribution in [0.15, 0.2) is 10.7 Å². The van der Waals surface area contributed by atoms with Gasteiger partial charge in [-0.1, -0.05) is 0 Å². The maximum absolute atomic E-state index is 12.4. The summed E-state index contributed by atoms with van der Waals surface area (Å²) >= 11 is 3.44. The number of nitrogens with zero attached hydrogens (tertiary/aromatic N) is 3. The Morgan fingerprint density at radius 2 is 2.42 bits per heavy atom. The minimum Gasteiger partial charge on any atom is -0.314 e. The molecule has 1 unspecified atom stereocenters. The van der Waals surface area contributed by atoms with Crippen molar-refractivity contribution < 1.29 is 4.79 Å². The van der Waals surface area contributed by atoms with Gasteiger partial charge in [0.1, 0.15) is 5.69 Å². The molecule has 2 rings (SSSR count). The van der Waals surface area contributed by atoms with E-state index in [4.69, 9.17) is 0 Å². The lowest BCUT2D eigenvalue weighted by molar-refractivity contribution is 0.0959. The molecule has 0 aliphatic carbocycles. The number of aromatic nitrogens is 2. The maximum Gasteiger partial charge on any atom is 0.183 e. The van der Waals surface area contributed by atoms with Gasteiger partial charge in [-0.25, -0.2) is 0 Å². The standard InChI is InChI=1S/C13H21BrN4O/c1-17(2)6-7-18-13(11(14)9-16-18)12(19)8-10-4-3-5-15-10/h9-10,15H,3-8H2,1-2H3. The number of ketones is 1. The van der Waals surface area contributed by atoms with Gasteiger partial charge >= 0.3 is 0 Å². The Morgan fingerprint density at radius 3 is 3.05 bits per heavy atom. The molecule has 0 radical (unpaired) electrons. The van der Waals surface area contributed by atoms with Crippen LogP contribution in [0.25, 0.3) is 0 Å². The fourth-order valence-corrected chi connectivity index (χ4v) is 2.87. The van der Waals surface area contributed by atoms with E-state index < -0.39 is 0 Å². The number of likely N-dealkylation sites (N-methyl/N-ethyl adjacent to an activating group) is 1. The molecule has 2 heterocycles. The first-order valence-corrected chi connectivity index (χ1v) is 7.50. The summed E-state index contributed by atoms with van der Waals surface area (Å²) in [5.74, 6) is 0.169. The zero-order valence-electron chi connectivity index (χ0n) is 11.5. The van der Waals surface area contributed by atoms with Crippen molar-refractivity contribution in [2.24, 2.45) is 0 Å². The Bertz CT molecular complexity index is 438. The van der Waals surface area contributed by atoms with Gasteiger partial charge in [-0.15, -0.1) is 0 Å². The predicted molar refractivity (Wildman–Crippen MR) is 78.5 cm³/mol. The van der Waals surface area contributed by atoms with Gasteiger partial charge in [-0.2, -0.15) is 5.10 Å². The minimum absolute atomic E-state index is 0.169. The fraction of sp³-hybridized carbons (Fsp3) is 0.692. The summed E-state index contributed by atoms with van der Waals surface area (Å²) < 4.78 is 2.61. The highest BCUT2D eigenvalue weighted by Gasteiger charge is 2.23. The van der Waals surface area contributed by atoms with Gasteiger partial charge < -0.3 is 10.2 Å². The summed E-state index contributed by atoms with van der Waals surface area (Å²) in [6, 6.07) is 0.330. The van der Waals surface area contributed by atoms with E-state index in [1.807, 2.05) is 14.1 Å². The first-order valence-electron chi connectivity index (χ1n) is 6.70. The van der Waals surface area contributed by atoms with E-state index in [1.54, 1.807) is 10.9 Å². The first-order chi connectivity index (χ1) is 9.08. The van der Waals surface area contributed by atoms with Crippen LogP contribution in [0.3, 0.4) is 0 Å². The summed E-state index contributed by atoms with van der Waals surface area (Å²) in [7, 11) is 4.03. The first kappa shape index (κ1) is 14.7. The summed E-state index contributed by atoms with van der Waals surface area (Å²) in [6.07, 6.45) is 4.53. The van der Waals surface area contributed by atoms with Gasteiger partial charge in [0.25, 0.3) is 0 Å². The normalized spacial score (nSPS) is 19.3. The van der Waals surface area contributed by atoms with Gasteiger partial charge in [0.15, 0.2) is 5.78 Å². The van der Waals surface area contributed by atoms with Crippen molar-refractivity contribution in [3.8, 4) is 0 Å². The molecule has 0 spiro atoms. The van der Waals surface area contributed by atoms with E-state index in [2.05, 4.69) is 31.2 Å². The molecule has 1 saturated heterocycles. The van der Waals surface area contributed by atoms with Crippen molar-refractivity contribution >= 4 is 21.7 Å². The Balaban J connectivity index is 2.04. The summed E-state index contributed by atoms with van der Waals surface area (Å²) in [4.78, 5) is 14.5. The Hall–Kier alpha value is -0.720. The number of rotatable bonds is 6. The van der Waals surface area contributed by atoms with E-state index >= 15 is 0 Å². The highest BCUT2D eigenvalue weighted by Crippen LogP contribution is 2.20. The van der Waals surface area contributed by atoms with E-state index in [-0.39, 0.29) is 5.78 Å². The number of carbonyl (C=O) groups is 1. The van der Waals surface area contributed by atoms with Crippen LogP contribution in [0.5, 0.6) is 0 Å². The zero-order chi connectivity index (χ0) is 13.8. The van der Waals surface area contributed by atoms with Crippen molar-refractivity contribution in [1.82, 2.24) is 20.0 Å². The van der Waals surface area contributed by atoms with Crippen LogP contribution in [0.2, 0.25) is 0 Å². The molecule has 5 nitrogen and oxygen atoms in total. The number of carbonyl (C=O) groups excluding carboxylic acids is 1. The Morgan fingerprint density at radius 1 is 1.63 bits per heavy atom. The van der Waals surface area contributed by atoms with Gasteiger partial charge in [0, 0.05) is 19.0 Å². The van der Waals surface area contributed by atoms with Crippen molar-refractivity contribution in [2.45, 2.75) is 31.8 Å². The van der Waals surface area contributed by atoms with Crippen molar-refractivity contribution in [2.75, 3.05) is 27.2 Å². The fourth-order valence-electron chi connectivity index (χ4n) is 2.36. The molecule has 1 atom stereocenters. The number of nitrogens with one attached hydrogen (secondary N) is 1. The highest BCUT2D eigenvalue weighted by molar-refractivity contribution is 9.10. The largest absolute Gasteiger partial charge is 0.314 e. The van der Waals surface area contributed by atoms with Gasteiger partial charge in [0.05, 0.1) is 17.2 Å². The molecule has 1 aliphatic heterocycles. The zero-order valence-corrected chi connectivity index (χ0v) is 13.1. The van der Waals surface area contributed by atoms with Crippen molar-refractivity contribution in [3.05, 3.63) is 16.4 Å². The third-order valence-corrected chi connectivity index (χ3v) is 3.99. The molecule has 0 amide bonds. The quantitative estimate of drug-likeness (QED) is 0.805. The van der Waals surface area contributed by atoms with Crippen LogP contribution in [0.1, 0.15) is 29.8 Å². The van der Waals surface area contributed by atoms with Crippen LogP contribution in [0.4, 0.5) is 0 Å². The van der Waals surface area contributed by atoms with Crippen molar-refractivity contribution in [3.63, 3.8) is 0 Å². The van der Waals surface area contributed by atoms with Crippen LogP contribution < -0.4 is 5.32 Å². The average Bonchev–Trinajstić information content (AvgIpc) is 2.96. The number of halogens is 1. The summed E-state index contributed by atoms with van der Waals surface area (Å²) in [5, 5.41) is 7.65. The van der Waals surface area contributed by atoms with Crippen LogP contribution >= 0.6 is 15.9 Å². The van der Waals surface area contributed by atoms with Crippen LogP contribution in [0, 0.1) is 0 Å². The molecule has 0 aromatic carbocycles. The average molecular weight is 329 g/mol. The molecule has 1 N–H and O–H groups in total. The Kier molecular flexibility index (Phi) is 5.13. The van der Waals surface area contributed by atoms with Crippen LogP contribution in [-0.2, 0) is 6.54 Å². The third-order valence-electron chi connectivity index (χ3n) is 3.41. The van der Waals surface area contributed by atoms with Gasteiger partial charge in [0.2, 0.25) is 0 Å². The van der Waals surface area contributed by atoms with E-state index in [9.17, 15) is 4.79 Å². The molecule has 1 aromatic heterocycles. The Labute approximate surface area is 122 Å². The lowest BCUT2D eigenvalue weighted by Gasteiger charge is -2.13. The molecule has 0 saturated carbocycles. The molecule has 1 fully saturated rings. The van der Waals surface area contributed by atoms with E-state index in [0.717, 1.165) is 30.5 Å². The summed E-state index contributed by atoms with van der Waals surface area (Å²) in [5.41, 5.74) is 0.704. The van der Waals surface area contributed by atoms with E-state index in [0.29, 0.717) is 18.2 Å². The highest BCUT2D eigenvalue weighted by atomic mass is 79.9. The number of hydrogen-bond donors (Lipinski definition) is 1. The molecular formula is C13H21BrN4O. The predicted octanol–water partition coefficient (Wildman–Crippen LogP) is 1.53. The second kappa shape index (κ2) is 6.63. The molecular weight excluding hydrogens is 308 g/mol. The summed E-state index contributed by atoms with van der Waals surface area (Å²) in [6.45, 7) is 2.63. The van der Waals surface area contributed by atoms with E-state index in [1.165, 1.54) is 6.42 Å². The smallest absolute Gasteiger partial charge is 0.183 e. The molecule has 19 heavy (non-hydrogen) atoms. The SMILES string of the molecule is CN(C)CCn1ncc(Br)c1C(=O)CC1CCCN1. The third kappa shape index (κ3) is 3.87. The second-order valence-corrected chi connectivity index (χ2v) is 6.14.